The van der Waals surface area contributed by atoms with Gasteiger partial charge in [-0.25, -0.2) is 12.7 Å². The minimum absolute atomic E-state index is 0.0917. The first-order valence-corrected chi connectivity index (χ1v) is 8.00. The highest BCUT2D eigenvalue weighted by molar-refractivity contribution is 7.89. The number of aryl methyl sites for hydroxylation is 1. The summed E-state index contributed by atoms with van der Waals surface area (Å²) in [5.74, 6) is 0. The summed E-state index contributed by atoms with van der Waals surface area (Å²) in [6.45, 7) is 8.10. The lowest BCUT2D eigenvalue weighted by Gasteiger charge is -2.26. The highest BCUT2D eigenvalue weighted by Crippen LogP contribution is 2.29. The summed E-state index contributed by atoms with van der Waals surface area (Å²) in [6, 6.07) is 1.56. The van der Waals surface area contributed by atoms with E-state index in [0.29, 0.717) is 16.3 Å². The Hall–Kier alpha value is -0.430. The summed E-state index contributed by atoms with van der Waals surface area (Å²) in [7, 11) is -1.87. The standard InChI is InChI=1S/C12H21NO3S2/c1-9-11(6-10(7-14)17-9)18(15,16)13(5)8-12(2,3)4/h6,14H,7-8H2,1-5H3. The van der Waals surface area contributed by atoms with Crippen LogP contribution in [-0.4, -0.2) is 31.4 Å². The zero-order valence-electron chi connectivity index (χ0n) is 11.5. The first-order valence-electron chi connectivity index (χ1n) is 5.74. The average Bonchev–Trinajstić information content (AvgIpc) is 2.57. The lowest BCUT2D eigenvalue weighted by Crippen LogP contribution is -2.34. The van der Waals surface area contributed by atoms with Gasteiger partial charge in [0.15, 0.2) is 0 Å². The lowest BCUT2D eigenvalue weighted by atomic mass is 9.97. The highest BCUT2D eigenvalue weighted by atomic mass is 32.2. The van der Waals surface area contributed by atoms with Crippen molar-refractivity contribution in [2.24, 2.45) is 5.41 Å². The van der Waals surface area contributed by atoms with Gasteiger partial charge in [0.25, 0.3) is 0 Å². The molecule has 0 saturated carbocycles. The Morgan fingerprint density at radius 2 is 1.94 bits per heavy atom. The largest absolute Gasteiger partial charge is 0.391 e. The SMILES string of the molecule is Cc1sc(CO)cc1S(=O)(=O)N(C)CC(C)(C)C. The van der Waals surface area contributed by atoms with E-state index in [0.717, 1.165) is 4.88 Å². The minimum atomic E-state index is -3.46. The number of aliphatic hydroxyl groups excluding tert-OH is 1. The fraction of sp³-hybridized carbons (Fsp3) is 0.667. The van der Waals surface area contributed by atoms with Crippen molar-refractivity contribution in [1.82, 2.24) is 4.31 Å². The van der Waals surface area contributed by atoms with Gasteiger partial charge in [-0.1, -0.05) is 20.8 Å². The lowest BCUT2D eigenvalue weighted by molar-refractivity contribution is 0.285. The second-order valence-corrected chi connectivity index (χ2v) is 8.97. The van der Waals surface area contributed by atoms with E-state index in [1.54, 1.807) is 20.0 Å². The van der Waals surface area contributed by atoms with Gasteiger partial charge >= 0.3 is 0 Å². The molecule has 0 radical (unpaired) electrons. The van der Waals surface area contributed by atoms with Gasteiger partial charge in [0.05, 0.1) is 11.5 Å². The van der Waals surface area contributed by atoms with Gasteiger partial charge < -0.3 is 5.11 Å². The molecule has 1 rings (SSSR count). The third kappa shape index (κ3) is 3.54. The molecule has 4 nitrogen and oxygen atoms in total. The number of rotatable bonds is 4. The fourth-order valence-corrected chi connectivity index (χ4v) is 4.64. The van der Waals surface area contributed by atoms with Gasteiger partial charge in [-0.15, -0.1) is 11.3 Å². The number of nitrogens with zero attached hydrogens (tertiary/aromatic N) is 1. The summed E-state index contributed by atoms with van der Waals surface area (Å²) in [5, 5.41) is 9.07. The van der Waals surface area contributed by atoms with Crippen LogP contribution in [0.1, 0.15) is 30.5 Å². The molecule has 0 unspecified atom stereocenters. The Kier molecular flexibility index (Phi) is 4.59. The molecule has 18 heavy (non-hydrogen) atoms. The van der Waals surface area contributed by atoms with E-state index < -0.39 is 10.0 Å². The Balaban J connectivity index is 3.09. The number of thiophene rings is 1. The van der Waals surface area contributed by atoms with Gasteiger partial charge in [-0.3, -0.25) is 0 Å². The zero-order chi connectivity index (χ0) is 14.1. The molecule has 0 aromatic carbocycles. The van der Waals surface area contributed by atoms with Crippen LogP contribution in [-0.2, 0) is 16.6 Å². The van der Waals surface area contributed by atoms with Crippen LogP contribution in [0.4, 0.5) is 0 Å². The minimum Gasteiger partial charge on any atom is -0.391 e. The third-order valence-electron chi connectivity index (χ3n) is 2.46. The first kappa shape index (κ1) is 15.6. The smallest absolute Gasteiger partial charge is 0.243 e. The zero-order valence-corrected chi connectivity index (χ0v) is 13.2. The molecule has 0 bridgehead atoms. The monoisotopic (exact) mass is 291 g/mol. The summed E-state index contributed by atoms with van der Waals surface area (Å²) in [4.78, 5) is 1.71. The van der Waals surface area contributed by atoms with Crippen molar-refractivity contribution in [3.05, 3.63) is 15.8 Å². The summed E-state index contributed by atoms with van der Waals surface area (Å²) in [6.07, 6.45) is 0. The van der Waals surface area contributed by atoms with Crippen LogP contribution < -0.4 is 0 Å². The fourth-order valence-electron chi connectivity index (χ4n) is 1.78. The number of aliphatic hydroxyl groups is 1. The van der Waals surface area contributed by atoms with Gasteiger partial charge in [-0.2, -0.15) is 0 Å². The van der Waals surface area contributed by atoms with Crippen molar-refractivity contribution >= 4 is 21.4 Å². The summed E-state index contributed by atoms with van der Waals surface area (Å²) < 4.78 is 26.2. The molecule has 0 saturated heterocycles. The molecule has 0 atom stereocenters. The molecule has 1 aromatic heterocycles. The van der Waals surface area contributed by atoms with E-state index in [1.165, 1.54) is 15.6 Å². The molecule has 0 aliphatic carbocycles. The second kappa shape index (κ2) is 5.28. The van der Waals surface area contributed by atoms with Gasteiger partial charge in [0, 0.05) is 23.3 Å². The van der Waals surface area contributed by atoms with Crippen LogP contribution in [0.2, 0.25) is 0 Å². The number of hydrogen-bond acceptors (Lipinski definition) is 4. The second-order valence-electron chi connectivity index (χ2n) is 5.61. The predicted molar refractivity (Wildman–Crippen MR) is 74.2 cm³/mol. The van der Waals surface area contributed by atoms with Crippen LogP contribution >= 0.6 is 11.3 Å². The average molecular weight is 291 g/mol. The molecular weight excluding hydrogens is 270 g/mol. The van der Waals surface area contributed by atoms with Crippen LogP contribution in [0.5, 0.6) is 0 Å². The molecule has 0 fully saturated rings. The topological polar surface area (TPSA) is 57.6 Å². The maximum atomic E-state index is 12.4. The maximum Gasteiger partial charge on any atom is 0.243 e. The number of sulfonamides is 1. The van der Waals surface area contributed by atoms with Gasteiger partial charge in [-0.05, 0) is 18.4 Å². The van der Waals surface area contributed by atoms with E-state index >= 15 is 0 Å². The number of hydrogen-bond donors (Lipinski definition) is 1. The van der Waals surface area contributed by atoms with Crippen molar-refractivity contribution in [3.63, 3.8) is 0 Å². The molecule has 1 N–H and O–H groups in total. The summed E-state index contributed by atoms with van der Waals surface area (Å²) >= 11 is 1.32. The molecule has 0 spiro atoms. The van der Waals surface area contributed by atoms with E-state index in [9.17, 15) is 8.42 Å². The van der Waals surface area contributed by atoms with Crippen molar-refractivity contribution in [3.8, 4) is 0 Å². The Morgan fingerprint density at radius 1 is 1.39 bits per heavy atom. The van der Waals surface area contributed by atoms with Crippen molar-refractivity contribution in [1.29, 1.82) is 0 Å². The van der Waals surface area contributed by atoms with Crippen LogP contribution in [0, 0.1) is 12.3 Å². The van der Waals surface area contributed by atoms with E-state index in [-0.39, 0.29) is 12.0 Å². The highest BCUT2D eigenvalue weighted by Gasteiger charge is 2.27. The van der Waals surface area contributed by atoms with Gasteiger partial charge in [0.2, 0.25) is 10.0 Å². The molecule has 1 aromatic rings. The van der Waals surface area contributed by atoms with Crippen LogP contribution in [0.25, 0.3) is 0 Å². The molecule has 0 aliphatic heterocycles. The van der Waals surface area contributed by atoms with E-state index in [2.05, 4.69) is 0 Å². The van der Waals surface area contributed by atoms with Crippen molar-refractivity contribution in [2.45, 2.75) is 39.2 Å². The quantitative estimate of drug-likeness (QED) is 0.925. The predicted octanol–water partition coefficient (Wildman–Crippen LogP) is 2.22. The van der Waals surface area contributed by atoms with Crippen molar-refractivity contribution in [2.75, 3.05) is 13.6 Å². The van der Waals surface area contributed by atoms with Crippen LogP contribution in [0.15, 0.2) is 11.0 Å². The van der Waals surface area contributed by atoms with Gasteiger partial charge in [0.1, 0.15) is 0 Å². The molecule has 1 heterocycles. The van der Waals surface area contributed by atoms with Crippen molar-refractivity contribution < 1.29 is 13.5 Å². The Labute approximate surface area is 113 Å². The van der Waals surface area contributed by atoms with Crippen LogP contribution in [0.3, 0.4) is 0 Å². The Morgan fingerprint density at radius 3 is 2.33 bits per heavy atom. The molecule has 6 heteroatoms. The first-order chi connectivity index (χ1) is 8.08. The maximum absolute atomic E-state index is 12.4. The third-order valence-corrected chi connectivity index (χ3v) is 5.56. The summed E-state index contributed by atoms with van der Waals surface area (Å²) in [5.41, 5.74) is -0.0917. The molecule has 0 amide bonds. The molecular formula is C12H21NO3S2. The Bertz CT molecular complexity index is 512. The molecule has 0 aliphatic rings. The van der Waals surface area contributed by atoms with E-state index in [4.69, 9.17) is 5.11 Å². The normalized spacial score (nSPS) is 13.3. The van der Waals surface area contributed by atoms with E-state index in [1.807, 2.05) is 20.8 Å². The molecule has 104 valence electrons.